The Morgan fingerprint density at radius 1 is 1.31 bits per heavy atom. The largest absolute Gasteiger partial charge is 0.478 e. The molecule has 1 atom stereocenters. The normalized spacial score (nSPS) is 17.4. The smallest absolute Gasteiger partial charge is 0.416 e. The number of carbonyl (C=O) groups is 1. The predicted octanol–water partition coefficient (Wildman–Crippen LogP) is 5.50. The summed E-state index contributed by atoms with van der Waals surface area (Å²) < 4.78 is 45.4. The van der Waals surface area contributed by atoms with Gasteiger partial charge in [-0.15, -0.1) is 0 Å². The van der Waals surface area contributed by atoms with Gasteiger partial charge in [-0.05, 0) is 64.1 Å². The van der Waals surface area contributed by atoms with E-state index in [1.54, 1.807) is 56.0 Å². The highest BCUT2D eigenvalue weighted by molar-refractivity contribution is 6.10. The highest BCUT2D eigenvalue weighted by Gasteiger charge is 2.40. The Morgan fingerprint density at radius 2 is 2.08 bits per heavy atom. The number of fused-ring (bicyclic) bond motifs is 4. The number of amides is 2. The molecule has 3 heterocycles. The van der Waals surface area contributed by atoms with Gasteiger partial charge in [0.05, 0.1) is 35.2 Å². The number of benzene rings is 1. The van der Waals surface area contributed by atoms with Crippen molar-refractivity contribution < 1.29 is 27.8 Å². The van der Waals surface area contributed by atoms with Crippen molar-refractivity contribution >= 4 is 23.4 Å². The summed E-state index contributed by atoms with van der Waals surface area (Å²) in [5, 5.41) is 12.6. The minimum absolute atomic E-state index is 0.0729. The van der Waals surface area contributed by atoms with Crippen molar-refractivity contribution in [2.45, 2.75) is 51.4 Å². The van der Waals surface area contributed by atoms with E-state index in [1.807, 2.05) is 0 Å². The monoisotopic (exact) mass is 543 g/mol. The number of allylic oxidation sites excluding steroid dienone is 1. The molecule has 1 saturated heterocycles. The first-order valence-electron chi connectivity index (χ1n) is 12.6. The summed E-state index contributed by atoms with van der Waals surface area (Å²) in [6.45, 7) is 10.4. The fourth-order valence-corrected chi connectivity index (χ4v) is 4.51. The molecule has 2 bridgehead atoms. The van der Waals surface area contributed by atoms with Crippen LogP contribution >= 0.6 is 0 Å². The van der Waals surface area contributed by atoms with Crippen LogP contribution < -0.4 is 15.1 Å². The van der Waals surface area contributed by atoms with Crippen LogP contribution in [0, 0.1) is 0 Å². The number of pyridine rings is 1. The summed E-state index contributed by atoms with van der Waals surface area (Å²) in [4.78, 5) is 26.2. The second-order valence-electron chi connectivity index (χ2n) is 10.1. The second-order valence-corrected chi connectivity index (χ2v) is 10.1. The Hall–Kier alpha value is -3.86. The zero-order valence-corrected chi connectivity index (χ0v) is 22.1. The number of carbonyl (C=O) groups excluding carboxylic acids is 1. The van der Waals surface area contributed by atoms with Gasteiger partial charge in [-0.25, -0.2) is 9.78 Å². The lowest BCUT2D eigenvalue weighted by Gasteiger charge is -2.36. The third-order valence-corrected chi connectivity index (χ3v) is 6.44. The number of amidine groups is 1. The fraction of sp³-hybridized carbons (Fsp3) is 0.393. The summed E-state index contributed by atoms with van der Waals surface area (Å²) in [6.07, 6.45) is -0.0953. The molecule has 2 N–H and O–H groups in total. The van der Waals surface area contributed by atoms with Crippen LogP contribution in [-0.2, 0) is 10.9 Å². The molecule has 39 heavy (non-hydrogen) atoms. The highest BCUT2D eigenvalue weighted by Crippen LogP contribution is 2.40. The van der Waals surface area contributed by atoms with Crippen molar-refractivity contribution in [3.05, 3.63) is 66.6 Å². The van der Waals surface area contributed by atoms with Gasteiger partial charge in [0.2, 0.25) is 5.88 Å². The number of alkyl halides is 3. The van der Waals surface area contributed by atoms with Crippen LogP contribution in [0.25, 0.3) is 11.3 Å². The fourth-order valence-electron chi connectivity index (χ4n) is 4.51. The van der Waals surface area contributed by atoms with Crippen LogP contribution in [0.3, 0.4) is 0 Å². The molecule has 1 unspecified atom stereocenters. The quantitative estimate of drug-likeness (QED) is 0.274. The molecular weight excluding hydrogens is 511 g/mol. The minimum atomic E-state index is -4.48. The van der Waals surface area contributed by atoms with Crippen LogP contribution in [0.2, 0.25) is 0 Å². The van der Waals surface area contributed by atoms with Gasteiger partial charge < -0.3 is 14.7 Å². The predicted molar refractivity (Wildman–Crippen MR) is 145 cm³/mol. The maximum absolute atomic E-state index is 13.6. The molecule has 4 rings (SSSR count). The molecular formula is C28H32F3N5O3. The molecule has 1 fully saturated rings. The lowest BCUT2D eigenvalue weighted by atomic mass is 10.1. The average molecular weight is 544 g/mol. The number of aromatic nitrogens is 1. The molecule has 0 saturated carbocycles. The zero-order chi connectivity index (χ0) is 28.4. The number of aliphatic hydroxyl groups is 1. The molecule has 2 amide bonds. The van der Waals surface area contributed by atoms with Crippen LogP contribution in [0.15, 0.2) is 66.0 Å². The van der Waals surface area contributed by atoms with Gasteiger partial charge in [0.25, 0.3) is 0 Å². The lowest BCUT2D eigenvalue weighted by Crippen LogP contribution is -2.51. The van der Waals surface area contributed by atoms with E-state index >= 15 is 0 Å². The third kappa shape index (κ3) is 6.78. The van der Waals surface area contributed by atoms with Gasteiger partial charge in [0.1, 0.15) is 5.84 Å². The standard InChI is InChI=1S/C28H32F3N5O3/c1-5-7-24(32-18(2)39-15-13-27(3,4)38)34-26(37)36-21-12-14-35(17-21)23-11-10-22(33-25(23)36)19-8-6-9-20(16-19)28(29,30)31/h5-11,16,21,38H,2,12-15,17H2,1,3-4H3,(H,32,34,37)/b7-5-. The van der Waals surface area contributed by atoms with Gasteiger partial charge in [0.15, 0.2) is 5.82 Å². The van der Waals surface area contributed by atoms with Gasteiger partial charge >= 0.3 is 12.2 Å². The van der Waals surface area contributed by atoms with E-state index in [0.29, 0.717) is 36.5 Å². The first kappa shape index (κ1) is 28.2. The Morgan fingerprint density at radius 3 is 2.77 bits per heavy atom. The van der Waals surface area contributed by atoms with E-state index in [0.717, 1.165) is 24.4 Å². The Bertz CT molecular complexity index is 1300. The number of urea groups is 1. The third-order valence-electron chi connectivity index (χ3n) is 6.44. The number of aliphatic imine (C=N–C) groups is 1. The maximum Gasteiger partial charge on any atom is 0.416 e. The van der Waals surface area contributed by atoms with Crippen molar-refractivity contribution in [3.8, 4) is 11.3 Å². The van der Waals surface area contributed by atoms with Crippen LogP contribution in [0.4, 0.5) is 29.5 Å². The number of ether oxygens (including phenoxy) is 1. The van der Waals surface area contributed by atoms with Gasteiger partial charge in [-0.3, -0.25) is 10.2 Å². The molecule has 11 heteroatoms. The van der Waals surface area contributed by atoms with Gasteiger partial charge in [-0.1, -0.05) is 18.2 Å². The van der Waals surface area contributed by atoms with E-state index in [4.69, 9.17) is 4.74 Å². The van der Waals surface area contributed by atoms with E-state index in [2.05, 4.69) is 26.8 Å². The first-order valence-corrected chi connectivity index (χ1v) is 12.6. The van der Waals surface area contributed by atoms with Crippen LogP contribution in [0.1, 0.15) is 39.2 Å². The van der Waals surface area contributed by atoms with Crippen molar-refractivity contribution in [1.82, 2.24) is 10.3 Å². The van der Waals surface area contributed by atoms with Crippen molar-refractivity contribution in [3.63, 3.8) is 0 Å². The molecule has 0 spiro atoms. The van der Waals surface area contributed by atoms with Crippen molar-refractivity contribution in [2.75, 3.05) is 29.5 Å². The summed E-state index contributed by atoms with van der Waals surface area (Å²) in [5.74, 6) is 0.645. The Kier molecular flexibility index (Phi) is 8.01. The number of nitrogens with one attached hydrogen (secondary N) is 1. The molecule has 1 aromatic heterocycles. The molecule has 208 valence electrons. The van der Waals surface area contributed by atoms with Crippen LogP contribution in [0.5, 0.6) is 0 Å². The zero-order valence-electron chi connectivity index (χ0n) is 22.1. The SMILES string of the molecule is C=C(/N=C(\C=C/C)NC(=O)N1c2nc(-c3cccc(C(F)(F)F)c3)ccc2N2CCC1C2)OCCC(C)(C)O. The van der Waals surface area contributed by atoms with Gasteiger partial charge in [0, 0.05) is 25.1 Å². The number of halogens is 3. The van der Waals surface area contributed by atoms with E-state index in [9.17, 15) is 23.1 Å². The van der Waals surface area contributed by atoms with Gasteiger partial charge in [-0.2, -0.15) is 18.2 Å². The number of hydrogen-bond acceptors (Lipinski definition) is 6. The van der Waals surface area contributed by atoms with Crippen molar-refractivity contribution in [2.24, 2.45) is 4.99 Å². The van der Waals surface area contributed by atoms with E-state index in [1.165, 1.54) is 6.07 Å². The summed E-state index contributed by atoms with van der Waals surface area (Å²) in [6, 6.07) is 7.79. The highest BCUT2D eigenvalue weighted by atomic mass is 19.4. The molecule has 1 aromatic carbocycles. The molecule has 0 aliphatic carbocycles. The summed E-state index contributed by atoms with van der Waals surface area (Å²) >= 11 is 0. The number of nitrogens with zero attached hydrogens (tertiary/aromatic N) is 4. The molecule has 2 aliphatic rings. The van der Waals surface area contributed by atoms with Crippen molar-refractivity contribution in [1.29, 1.82) is 0 Å². The Balaban J connectivity index is 1.60. The molecule has 8 nitrogen and oxygen atoms in total. The first-order chi connectivity index (χ1) is 18.4. The second kappa shape index (κ2) is 11.1. The van der Waals surface area contributed by atoms with Crippen LogP contribution in [-0.4, -0.2) is 53.3 Å². The number of rotatable bonds is 7. The number of hydrogen-bond donors (Lipinski definition) is 2. The maximum atomic E-state index is 13.6. The van der Waals surface area contributed by atoms with E-state index in [-0.39, 0.29) is 24.4 Å². The Labute approximate surface area is 225 Å². The topological polar surface area (TPSA) is 90.3 Å². The van der Waals surface area contributed by atoms with E-state index < -0.39 is 23.4 Å². The lowest BCUT2D eigenvalue weighted by molar-refractivity contribution is -0.137. The minimum Gasteiger partial charge on any atom is -0.478 e. The summed E-state index contributed by atoms with van der Waals surface area (Å²) in [7, 11) is 0. The molecule has 0 radical (unpaired) electrons. The molecule has 2 aliphatic heterocycles. The molecule has 2 aromatic rings. The number of anilines is 2. The average Bonchev–Trinajstić information content (AvgIpc) is 3.26. The summed E-state index contributed by atoms with van der Waals surface area (Å²) in [5.41, 5.74) is -0.303.